The predicted octanol–water partition coefficient (Wildman–Crippen LogP) is 2.09. The Morgan fingerprint density at radius 2 is 1.96 bits per heavy atom. The van der Waals surface area contributed by atoms with Crippen LogP contribution in [0.3, 0.4) is 0 Å². The number of aliphatic imine (C=N–C) groups is 1. The van der Waals surface area contributed by atoms with Crippen LogP contribution in [0, 0.1) is 5.92 Å². The number of hydrogen-bond donors (Lipinski definition) is 2. The molecule has 0 unspecified atom stereocenters. The molecular formula is C17H32N4OS. The molecule has 6 heteroatoms. The maximum atomic E-state index is 11.9. The standard InChI is InChI=1S/C17H32N4OS/c1-17(2)13-21(10-11-23-17)16(18-3)20-9-8-19-15(22)12-14-6-4-5-7-14/h14H,4-13H2,1-3H3,(H,18,20)(H,19,22). The summed E-state index contributed by atoms with van der Waals surface area (Å²) in [5.74, 6) is 2.89. The Bertz CT molecular complexity index is 419. The van der Waals surface area contributed by atoms with Crippen LogP contribution in [-0.4, -0.2) is 60.5 Å². The summed E-state index contributed by atoms with van der Waals surface area (Å²) in [4.78, 5) is 18.6. The molecule has 2 N–H and O–H groups in total. The van der Waals surface area contributed by atoms with E-state index in [1.807, 2.05) is 18.8 Å². The lowest BCUT2D eigenvalue weighted by Crippen LogP contribution is -2.51. The average molecular weight is 341 g/mol. The largest absolute Gasteiger partial charge is 0.354 e. The third kappa shape index (κ3) is 6.24. The molecule has 0 spiro atoms. The first kappa shape index (κ1) is 18.4. The van der Waals surface area contributed by atoms with E-state index in [9.17, 15) is 4.79 Å². The number of nitrogens with zero attached hydrogens (tertiary/aromatic N) is 2. The Labute approximate surface area is 145 Å². The Hall–Kier alpha value is -0.910. The minimum atomic E-state index is 0.198. The van der Waals surface area contributed by atoms with Crippen molar-refractivity contribution in [3.63, 3.8) is 0 Å². The van der Waals surface area contributed by atoms with E-state index in [1.165, 1.54) is 25.7 Å². The lowest BCUT2D eigenvalue weighted by atomic mass is 10.0. The van der Waals surface area contributed by atoms with Gasteiger partial charge in [0.25, 0.3) is 0 Å². The normalized spacial score (nSPS) is 22.2. The van der Waals surface area contributed by atoms with Crippen LogP contribution >= 0.6 is 11.8 Å². The van der Waals surface area contributed by atoms with Gasteiger partial charge in [-0.05, 0) is 32.6 Å². The molecule has 2 rings (SSSR count). The molecule has 1 amide bonds. The first-order valence-electron chi connectivity index (χ1n) is 8.86. The van der Waals surface area contributed by atoms with Gasteiger partial charge >= 0.3 is 0 Å². The molecule has 0 radical (unpaired) electrons. The molecule has 1 aliphatic carbocycles. The van der Waals surface area contributed by atoms with Gasteiger partial charge in [-0.3, -0.25) is 9.79 Å². The van der Waals surface area contributed by atoms with Crippen molar-refractivity contribution in [2.75, 3.05) is 39.0 Å². The van der Waals surface area contributed by atoms with E-state index in [4.69, 9.17) is 0 Å². The molecule has 1 heterocycles. The van der Waals surface area contributed by atoms with Gasteiger partial charge in [-0.2, -0.15) is 11.8 Å². The van der Waals surface area contributed by atoms with Crippen LogP contribution in [0.2, 0.25) is 0 Å². The molecule has 5 nitrogen and oxygen atoms in total. The quantitative estimate of drug-likeness (QED) is 0.457. The third-order valence-corrected chi connectivity index (χ3v) is 5.91. The number of nitrogens with one attached hydrogen (secondary N) is 2. The minimum Gasteiger partial charge on any atom is -0.354 e. The van der Waals surface area contributed by atoms with Gasteiger partial charge in [0.1, 0.15) is 0 Å². The zero-order valence-corrected chi connectivity index (χ0v) is 15.7. The fourth-order valence-electron chi connectivity index (χ4n) is 3.45. The highest BCUT2D eigenvalue weighted by Gasteiger charge is 2.28. The van der Waals surface area contributed by atoms with Crippen molar-refractivity contribution >= 4 is 23.6 Å². The van der Waals surface area contributed by atoms with Crippen molar-refractivity contribution < 1.29 is 4.79 Å². The van der Waals surface area contributed by atoms with Crippen LogP contribution in [-0.2, 0) is 4.79 Å². The molecule has 1 saturated heterocycles. The first-order chi connectivity index (χ1) is 11.0. The van der Waals surface area contributed by atoms with Crippen LogP contribution in [0.4, 0.5) is 0 Å². The van der Waals surface area contributed by atoms with Gasteiger partial charge in [0.05, 0.1) is 0 Å². The van der Waals surface area contributed by atoms with Gasteiger partial charge < -0.3 is 15.5 Å². The number of rotatable bonds is 5. The summed E-state index contributed by atoms with van der Waals surface area (Å²) in [5.41, 5.74) is 0. The van der Waals surface area contributed by atoms with Gasteiger partial charge in [0.15, 0.2) is 5.96 Å². The molecule has 132 valence electrons. The minimum absolute atomic E-state index is 0.198. The van der Waals surface area contributed by atoms with Crippen molar-refractivity contribution in [3.8, 4) is 0 Å². The van der Waals surface area contributed by atoms with Crippen molar-refractivity contribution in [1.82, 2.24) is 15.5 Å². The van der Waals surface area contributed by atoms with Gasteiger partial charge in [-0.1, -0.05) is 12.8 Å². The van der Waals surface area contributed by atoms with Crippen LogP contribution in [0.5, 0.6) is 0 Å². The summed E-state index contributed by atoms with van der Waals surface area (Å²) in [6, 6.07) is 0. The Kier molecular flexibility index (Phi) is 7.06. The number of hydrogen-bond acceptors (Lipinski definition) is 3. The van der Waals surface area contributed by atoms with Crippen molar-refractivity contribution in [2.24, 2.45) is 10.9 Å². The molecule has 0 aromatic carbocycles. The summed E-state index contributed by atoms with van der Waals surface area (Å²) in [7, 11) is 1.83. The Balaban J connectivity index is 1.64. The Morgan fingerprint density at radius 1 is 1.26 bits per heavy atom. The summed E-state index contributed by atoms with van der Waals surface area (Å²) < 4.78 is 0.269. The second-order valence-electron chi connectivity index (χ2n) is 7.21. The summed E-state index contributed by atoms with van der Waals surface area (Å²) in [5, 5.41) is 6.41. The van der Waals surface area contributed by atoms with Gasteiger partial charge in [-0.25, -0.2) is 0 Å². The van der Waals surface area contributed by atoms with E-state index in [0.717, 1.165) is 31.3 Å². The highest BCUT2D eigenvalue weighted by Crippen LogP contribution is 2.29. The van der Waals surface area contributed by atoms with Crippen LogP contribution in [0.15, 0.2) is 4.99 Å². The van der Waals surface area contributed by atoms with E-state index in [1.54, 1.807) is 0 Å². The maximum absolute atomic E-state index is 11.9. The fraction of sp³-hybridized carbons (Fsp3) is 0.882. The number of guanidine groups is 1. The van der Waals surface area contributed by atoms with Gasteiger partial charge in [0, 0.05) is 50.1 Å². The molecule has 0 aromatic heterocycles. The predicted molar refractivity (Wildman–Crippen MR) is 99.1 cm³/mol. The molecular weight excluding hydrogens is 308 g/mol. The fourth-order valence-corrected chi connectivity index (χ4v) is 4.57. The van der Waals surface area contributed by atoms with E-state index in [2.05, 4.69) is 34.4 Å². The zero-order valence-electron chi connectivity index (χ0n) is 14.9. The Morgan fingerprint density at radius 3 is 2.61 bits per heavy atom. The number of thioether (sulfide) groups is 1. The topological polar surface area (TPSA) is 56.7 Å². The number of carbonyl (C=O) groups excluding carboxylic acids is 1. The zero-order chi connectivity index (χ0) is 16.7. The van der Waals surface area contributed by atoms with Crippen LogP contribution in [0.25, 0.3) is 0 Å². The molecule has 2 aliphatic rings. The maximum Gasteiger partial charge on any atom is 0.220 e. The monoisotopic (exact) mass is 340 g/mol. The third-order valence-electron chi connectivity index (χ3n) is 4.62. The van der Waals surface area contributed by atoms with Gasteiger partial charge in [0.2, 0.25) is 5.91 Å². The molecule has 23 heavy (non-hydrogen) atoms. The first-order valence-corrected chi connectivity index (χ1v) is 9.85. The summed E-state index contributed by atoms with van der Waals surface area (Å²) >= 11 is 2.02. The highest BCUT2D eigenvalue weighted by atomic mass is 32.2. The van der Waals surface area contributed by atoms with E-state index in [0.29, 0.717) is 18.9 Å². The number of amides is 1. The van der Waals surface area contributed by atoms with Crippen LogP contribution < -0.4 is 10.6 Å². The van der Waals surface area contributed by atoms with Crippen molar-refractivity contribution in [2.45, 2.75) is 50.7 Å². The SMILES string of the molecule is CN=C(NCCNC(=O)CC1CCCC1)N1CCSC(C)(C)C1. The molecule has 1 saturated carbocycles. The number of carbonyl (C=O) groups is 1. The van der Waals surface area contributed by atoms with E-state index >= 15 is 0 Å². The van der Waals surface area contributed by atoms with Crippen molar-refractivity contribution in [3.05, 3.63) is 0 Å². The smallest absolute Gasteiger partial charge is 0.220 e. The molecule has 0 bridgehead atoms. The molecule has 2 fully saturated rings. The second kappa shape index (κ2) is 8.81. The lowest BCUT2D eigenvalue weighted by Gasteiger charge is -2.39. The average Bonchev–Trinajstić information content (AvgIpc) is 2.99. The molecule has 0 aromatic rings. The highest BCUT2D eigenvalue weighted by molar-refractivity contribution is 8.00. The summed E-state index contributed by atoms with van der Waals surface area (Å²) in [6.07, 6.45) is 5.73. The van der Waals surface area contributed by atoms with E-state index < -0.39 is 0 Å². The van der Waals surface area contributed by atoms with Gasteiger partial charge in [-0.15, -0.1) is 0 Å². The summed E-state index contributed by atoms with van der Waals surface area (Å²) in [6.45, 7) is 7.98. The van der Waals surface area contributed by atoms with E-state index in [-0.39, 0.29) is 10.7 Å². The van der Waals surface area contributed by atoms with Crippen LogP contribution in [0.1, 0.15) is 46.0 Å². The lowest BCUT2D eigenvalue weighted by molar-refractivity contribution is -0.121. The second-order valence-corrected chi connectivity index (χ2v) is 9.01. The van der Waals surface area contributed by atoms with Crippen molar-refractivity contribution in [1.29, 1.82) is 0 Å². The molecule has 0 atom stereocenters. The molecule has 1 aliphatic heterocycles.